The van der Waals surface area contributed by atoms with Crippen LogP contribution < -0.4 is 0 Å². The average molecular weight is 308 g/mol. The van der Waals surface area contributed by atoms with E-state index in [1.165, 1.54) is 13.0 Å². The van der Waals surface area contributed by atoms with Crippen molar-refractivity contribution in [3.63, 3.8) is 0 Å². The summed E-state index contributed by atoms with van der Waals surface area (Å²) < 4.78 is 37.4. The molecule has 0 atom stereocenters. The van der Waals surface area contributed by atoms with Crippen molar-refractivity contribution in [2.24, 2.45) is 0 Å². The lowest BCUT2D eigenvalue weighted by atomic mass is 10.2. The molecule has 19 heavy (non-hydrogen) atoms. The highest BCUT2D eigenvalue weighted by molar-refractivity contribution is 8.13. The summed E-state index contributed by atoms with van der Waals surface area (Å²) in [6, 6.07) is 2.11. The van der Waals surface area contributed by atoms with Crippen molar-refractivity contribution in [1.82, 2.24) is 4.98 Å². The molecule has 0 radical (unpaired) electrons. The minimum absolute atomic E-state index is 0.0203. The van der Waals surface area contributed by atoms with Gasteiger partial charge in [0.1, 0.15) is 10.8 Å². The summed E-state index contributed by atoms with van der Waals surface area (Å²) in [7, 11) is 0. The Morgan fingerprint density at radius 2 is 2.16 bits per heavy atom. The number of nitrogens with zero attached hydrogens (tertiary/aromatic N) is 1. The van der Waals surface area contributed by atoms with Gasteiger partial charge in [-0.2, -0.15) is 13.2 Å². The second-order valence-corrected chi connectivity index (χ2v) is 5.11. The van der Waals surface area contributed by atoms with Crippen LogP contribution in [0.25, 0.3) is 0 Å². The van der Waals surface area contributed by atoms with E-state index in [-0.39, 0.29) is 15.8 Å². The maximum atomic E-state index is 12.5. The van der Waals surface area contributed by atoms with Gasteiger partial charge in [-0.15, -0.1) is 0 Å². The van der Waals surface area contributed by atoms with Crippen molar-refractivity contribution in [3.05, 3.63) is 28.5 Å². The van der Waals surface area contributed by atoms with E-state index in [0.717, 1.165) is 17.8 Å². The van der Waals surface area contributed by atoms with Gasteiger partial charge < -0.3 is 0 Å². The van der Waals surface area contributed by atoms with E-state index in [0.29, 0.717) is 12.2 Å². The van der Waals surface area contributed by atoms with Gasteiger partial charge in [0.25, 0.3) is 0 Å². The van der Waals surface area contributed by atoms with E-state index in [1.807, 2.05) is 0 Å². The molecule has 0 aromatic carbocycles. The summed E-state index contributed by atoms with van der Waals surface area (Å²) in [6.45, 7) is 1.44. The third kappa shape index (κ3) is 5.99. The summed E-state index contributed by atoms with van der Waals surface area (Å²) in [5.74, 6) is 5.77. The van der Waals surface area contributed by atoms with Gasteiger partial charge in [0.05, 0.1) is 0 Å². The van der Waals surface area contributed by atoms with Crippen molar-refractivity contribution in [2.75, 3.05) is 5.75 Å². The molecule has 1 aromatic heterocycles. The highest BCUT2D eigenvalue weighted by Gasteiger charge is 2.33. The van der Waals surface area contributed by atoms with Gasteiger partial charge in [0.15, 0.2) is 5.12 Å². The number of carbonyl (C=O) groups is 1. The molecule has 0 saturated carbocycles. The van der Waals surface area contributed by atoms with Crippen LogP contribution in [0.5, 0.6) is 0 Å². The standard InChI is InChI=1S/C12H9ClF3NOS/c1-8(18)19-5-3-2-4-9-6-10(12(14,15)16)17-11(13)7-9/h6-7H,3,5H2,1H3. The average Bonchev–Trinajstić information content (AvgIpc) is 2.26. The third-order valence-electron chi connectivity index (χ3n) is 1.85. The quantitative estimate of drug-likeness (QED) is 0.473. The summed E-state index contributed by atoms with van der Waals surface area (Å²) in [6.07, 6.45) is -4.14. The van der Waals surface area contributed by atoms with Gasteiger partial charge >= 0.3 is 6.18 Å². The van der Waals surface area contributed by atoms with E-state index in [1.54, 1.807) is 0 Å². The molecule has 0 saturated heterocycles. The molecular weight excluding hydrogens is 299 g/mol. The first-order chi connectivity index (χ1) is 8.79. The van der Waals surface area contributed by atoms with Crippen LogP contribution in [-0.4, -0.2) is 15.9 Å². The van der Waals surface area contributed by atoms with E-state index in [4.69, 9.17) is 11.6 Å². The predicted octanol–water partition coefficient (Wildman–Crippen LogP) is 3.78. The Morgan fingerprint density at radius 1 is 1.47 bits per heavy atom. The van der Waals surface area contributed by atoms with Crippen molar-refractivity contribution in [1.29, 1.82) is 0 Å². The Kier molecular flexibility index (Phi) is 5.70. The maximum absolute atomic E-state index is 12.5. The van der Waals surface area contributed by atoms with Crippen molar-refractivity contribution in [2.45, 2.75) is 19.5 Å². The molecular formula is C12H9ClF3NOS. The first-order valence-electron chi connectivity index (χ1n) is 5.16. The Morgan fingerprint density at radius 3 is 2.74 bits per heavy atom. The topological polar surface area (TPSA) is 30.0 Å². The van der Waals surface area contributed by atoms with Crippen LogP contribution in [0.1, 0.15) is 24.6 Å². The number of pyridine rings is 1. The molecule has 0 N–H and O–H groups in total. The molecule has 0 aliphatic rings. The van der Waals surface area contributed by atoms with Crippen LogP contribution in [0.3, 0.4) is 0 Å². The summed E-state index contributed by atoms with van der Waals surface area (Å²) in [5.41, 5.74) is -0.914. The predicted molar refractivity (Wildman–Crippen MR) is 68.9 cm³/mol. The van der Waals surface area contributed by atoms with Crippen LogP contribution in [0.15, 0.2) is 12.1 Å². The number of thioether (sulfide) groups is 1. The van der Waals surface area contributed by atoms with Gasteiger partial charge in [-0.25, -0.2) is 4.98 Å². The van der Waals surface area contributed by atoms with Crippen molar-refractivity contribution < 1.29 is 18.0 Å². The zero-order valence-corrected chi connectivity index (χ0v) is 11.4. The number of hydrogen-bond donors (Lipinski definition) is 0. The second-order valence-electron chi connectivity index (χ2n) is 3.45. The first kappa shape index (κ1) is 15.9. The van der Waals surface area contributed by atoms with Crippen molar-refractivity contribution >= 4 is 28.5 Å². The molecule has 0 fully saturated rings. The molecule has 7 heteroatoms. The molecule has 0 bridgehead atoms. The van der Waals surface area contributed by atoms with Crippen LogP contribution in [-0.2, 0) is 11.0 Å². The van der Waals surface area contributed by atoms with E-state index < -0.39 is 11.9 Å². The number of halogens is 4. The van der Waals surface area contributed by atoms with Gasteiger partial charge in [0, 0.05) is 24.7 Å². The molecule has 1 aromatic rings. The highest BCUT2D eigenvalue weighted by atomic mass is 35.5. The number of aromatic nitrogens is 1. The van der Waals surface area contributed by atoms with Crippen LogP contribution in [0.4, 0.5) is 13.2 Å². The number of rotatable bonds is 2. The monoisotopic (exact) mass is 307 g/mol. The molecule has 0 spiro atoms. The van der Waals surface area contributed by atoms with Gasteiger partial charge in [-0.3, -0.25) is 4.79 Å². The summed E-state index contributed by atoms with van der Waals surface area (Å²) in [5, 5.41) is -0.273. The van der Waals surface area contributed by atoms with E-state index in [9.17, 15) is 18.0 Å². The fourth-order valence-corrected chi connectivity index (χ4v) is 1.82. The second kappa shape index (κ2) is 6.83. The Balaban J connectivity index is 2.77. The number of alkyl halides is 3. The first-order valence-corrected chi connectivity index (χ1v) is 6.52. The lowest BCUT2D eigenvalue weighted by Crippen LogP contribution is -2.08. The SMILES string of the molecule is CC(=O)SCCC#Cc1cc(Cl)nc(C(F)(F)F)c1. The zero-order valence-electron chi connectivity index (χ0n) is 9.84. The molecule has 0 aliphatic heterocycles. The van der Waals surface area contributed by atoms with E-state index >= 15 is 0 Å². The lowest BCUT2D eigenvalue weighted by molar-refractivity contribution is -0.141. The van der Waals surface area contributed by atoms with Gasteiger partial charge in [-0.1, -0.05) is 35.2 Å². The van der Waals surface area contributed by atoms with Crippen LogP contribution in [0, 0.1) is 11.8 Å². The largest absolute Gasteiger partial charge is 0.433 e. The molecule has 1 heterocycles. The molecule has 1 rings (SSSR count). The normalized spacial score (nSPS) is 10.8. The minimum Gasteiger partial charge on any atom is -0.288 e. The zero-order chi connectivity index (χ0) is 14.5. The lowest BCUT2D eigenvalue weighted by Gasteiger charge is -2.05. The minimum atomic E-state index is -4.55. The summed E-state index contributed by atoms with van der Waals surface area (Å²) in [4.78, 5) is 13.8. The number of carbonyl (C=O) groups excluding carboxylic acids is 1. The Hall–Kier alpha value is -1.19. The fourth-order valence-electron chi connectivity index (χ4n) is 1.12. The molecule has 0 amide bonds. The Bertz CT molecular complexity index is 534. The van der Waals surface area contributed by atoms with Crippen LogP contribution in [0.2, 0.25) is 5.15 Å². The smallest absolute Gasteiger partial charge is 0.288 e. The number of hydrogen-bond acceptors (Lipinski definition) is 3. The maximum Gasteiger partial charge on any atom is 0.433 e. The van der Waals surface area contributed by atoms with E-state index in [2.05, 4.69) is 16.8 Å². The fraction of sp³-hybridized carbons (Fsp3) is 0.333. The van der Waals surface area contributed by atoms with Gasteiger partial charge in [-0.05, 0) is 12.1 Å². The molecule has 0 unspecified atom stereocenters. The van der Waals surface area contributed by atoms with Crippen molar-refractivity contribution in [3.8, 4) is 11.8 Å². The molecule has 102 valence electrons. The third-order valence-corrected chi connectivity index (χ3v) is 2.86. The molecule has 0 aliphatic carbocycles. The van der Waals surface area contributed by atoms with Gasteiger partial charge in [0.2, 0.25) is 0 Å². The highest BCUT2D eigenvalue weighted by Crippen LogP contribution is 2.29. The van der Waals surface area contributed by atoms with Crippen LogP contribution >= 0.6 is 23.4 Å². The Labute approximate surface area is 117 Å². The molecule has 2 nitrogen and oxygen atoms in total. The summed E-state index contributed by atoms with van der Waals surface area (Å²) >= 11 is 6.63.